The summed E-state index contributed by atoms with van der Waals surface area (Å²) in [4.78, 5) is 10.1. The van der Waals surface area contributed by atoms with Crippen LogP contribution in [-0.2, 0) is 4.79 Å². The predicted molar refractivity (Wildman–Crippen MR) is 40.8 cm³/mol. The van der Waals surface area contributed by atoms with Gasteiger partial charge in [0.2, 0.25) is 0 Å². The lowest BCUT2D eigenvalue weighted by Crippen LogP contribution is -1.94. The Kier molecular flexibility index (Phi) is 3.97. The Morgan fingerprint density at radius 1 is 1.73 bits per heavy atom. The van der Waals surface area contributed by atoms with Gasteiger partial charge in [0.25, 0.3) is 0 Å². The Bertz CT molecular complexity index is 211. The van der Waals surface area contributed by atoms with Gasteiger partial charge in [0.15, 0.2) is 0 Å². The molecule has 0 aromatic heterocycles. The number of aliphatic carboxylic acids is 1. The normalized spacial score (nSPS) is 11.3. The fourth-order valence-corrected chi connectivity index (χ4v) is 0.726. The molecule has 0 radical (unpaired) electrons. The smallest absolute Gasteiger partial charge is 0.329 e. The van der Waals surface area contributed by atoms with Gasteiger partial charge in [0.05, 0.1) is 6.07 Å². The fourth-order valence-electron chi connectivity index (χ4n) is 0.726. The molecule has 0 fully saturated rings. The minimum Gasteiger partial charge on any atom is -0.478 e. The predicted octanol–water partition coefficient (Wildman–Crippen LogP) is 1.57. The highest BCUT2D eigenvalue weighted by Gasteiger charge is 2.01. The molecule has 3 heteroatoms. The third-order valence-corrected chi connectivity index (χ3v) is 1.07. The first-order valence-electron chi connectivity index (χ1n) is 3.40. The van der Waals surface area contributed by atoms with Crippen LogP contribution in [0.2, 0.25) is 0 Å². The van der Waals surface area contributed by atoms with Crippen molar-refractivity contribution in [3.63, 3.8) is 0 Å². The van der Waals surface area contributed by atoms with Gasteiger partial charge in [0, 0.05) is 11.6 Å². The molecule has 0 bridgehead atoms. The molecule has 11 heavy (non-hydrogen) atoms. The van der Waals surface area contributed by atoms with Crippen molar-refractivity contribution < 1.29 is 9.90 Å². The van der Waals surface area contributed by atoms with Gasteiger partial charge in [-0.05, 0) is 12.3 Å². The lowest BCUT2D eigenvalue weighted by molar-refractivity contribution is -0.131. The minimum absolute atomic E-state index is 0.320. The first kappa shape index (κ1) is 9.70. The van der Waals surface area contributed by atoms with Crippen LogP contribution < -0.4 is 0 Å². The Morgan fingerprint density at radius 3 is 2.55 bits per heavy atom. The van der Waals surface area contributed by atoms with Crippen molar-refractivity contribution in [2.24, 2.45) is 5.92 Å². The van der Waals surface area contributed by atoms with Crippen LogP contribution in [0.5, 0.6) is 0 Å². The number of nitriles is 1. The first-order valence-corrected chi connectivity index (χ1v) is 3.40. The maximum atomic E-state index is 10.1. The van der Waals surface area contributed by atoms with Crippen LogP contribution in [-0.4, -0.2) is 11.1 Å². The Balaban J connectivity index is 4.20. The average molecular weight is 153 g/mol. The highest BCUT2D eigenvalue weighted by Crippen LogP contribution is 2.08. The lowest BCUT2D eigenvalue weighted by atomic mass is 10.0. The van der Waals surface area contributed by atoms with E-state index in [4.69, 9.17) is 10.4 Å². The summed E-state index contributed by atoms with van der Waals surface area (Å²) in [7, 11) is 0. The van der Waals surface area contributed by atoms with E-state index in [2.05, 4.69) is 0 Å². The van der Waals surface area contributed by atoms with Crippen LogP contribution in [0.3, 0.4) is 0 Å². The van der Waals surface area contributed by atoms with E-state index in [1.807, 2.05) is 19.9 Å². The topological polar surface area (TPSA) is 61.1 Å². The molecule has 0 saturated heterocycles. The van der Waals surface area contributed by atoms with Crippen molar-refractivity contribution >= 4 is 5.97 Å². The summed E-state index contributed by atoms with van der Waals surface area (Å²) in [6, 6.07) is 1.84. The molecule has 0 aromatic carbocycles. The average Bonchev–Trinajstić information content (AvgIpc) is 1.84. The quantitative estimate of drug-likeness (QED) is 0.494. The summed E-state index contributed by atoms with van der Waals surface area (Å²) in [5.41, 5.74) is 0.326. The second kappa shape index (κ2) is 4.51. The van der Waals surface area contributed by atoms with Gasteiger partial charge in [-0.2, -0.15) is 5.26 Å². The number of hydrogen-bond acceptors (Lipinski definition) is 2. The molecule has 0 spiro atoms. The highest BCUT2D eigenvalue weighted by molar-refractivity contribution is 5.81. The largest absolute Gasteiger partial charge is 0.478 e. The summed E-state index contributed by atoms with van der Waals surface area (Å²) in [5.74, 6) is -0.734. The molecule has 0 atom stereocenters. The molecule has 0 saturated carbocycles. The first-order chi connectivity index (χ1) is 5.06. The molecular formula is C8H11NO2. The third-order valence-electron chi connectivity index (χ3n) is 1.07. The summed E-state index contributed by atoms with van der Waals surface area (Å²) in [5, 5.41) is 16.7. The summed E-state index contributed by atoms with van der Waals surface area (Å²) < 4.78 is 0. The molecule has 0 aliphatic heterocycles. The highest BCUT2D eigenvalue weighted by atomic mass is 16.4. The molecular weight excluding hydrogens is 142 g/mol. The van der Waals surface area contributed by atoms with Crippen LogP contribution in [0.25, 0.3) is 0 Å². The van der Waals surface area contributed by atoms with Crippen LogP contribution in [0.4, 0.5) is 0 Å². The van der Waals surface area contributed by atoms with E-state index in [9.17, 15) is 4.79 Å². The van der Waals surface area contributed by atoms with E-state index in [0.717, 1.165) is 6.08 Å². The summed E-state index contributed by atoms with van der Waals surface area (Å²) >= 11 is 0. The van der Waals surface area contributed by atoms with E-state index in [1.54, 1.807) is 0 Å². The van der Waals surface area contributed by atoms with E-state index < -0.39 is 5.97 Å². The number of carboxylic acids is 1. The van der Waals surface area contributed by atoms with Crippen molar-refractivity contribution in [1.29, 1.82) is 5.26 Å². The van der Waals surface area contributed by atoms with E-state index >= 15 is 0 Å². The van der Waals surface area contributed by atoms with Gasteiger partial charge in [-0.25, -0.2) is 4.79 Å². The molecule has 60 valence electrons. The zero-order valence-corrected chi connectivity index (χ0v) is 6.66. The summed E-state index contributed by atoms with van der Waals surface area (Å²) in [6.45, 7) is 3.88. The van der Waals surface area contributed by atoms with Crippen LogP contribution >= 0.6 is 0 Å². The van der Waals surface area contributed by atoms with Crippen LogP contribution in [0.1, 0.15) is 20.3 Å². The Labute approximate surface area is 66.0 Å². The number of carboxylic acid groups (broad SMARTS) is 1. The van der Waals surface area contributed by atoms with Gasteiger partial charge in [-0.1, -0.05) is 13.8 Å². The Morgan fingerprint density at radius 2 is 2.27 bits per heavy atom. The van der Waals surface area contributed by atoms with Crippen molar-refractivity contribution in [1.82, 2.24) is 0 Å². The fraction of sp³-hybridized carbons (Fsp3) is 0.500. The minimum atomic E-state index is -1.05. The second-order valence-electron chi connectivity index (χ2n) is 2.72. The molecule has 0 unspecified atom stereocenters. The van der Waals surface area contributed by atoms with Crippen LogP contribution in [0.15, 0.2) is 11.6 Å². The van der Waals surface area contributed by atoms with Gasteiger partial charge in [-0.3, -0.25) is 0 Å². The van der Waals surface area contributed by atoms with E-state index in [1.165, 1.54) is 0 Å². The van der Waals surface area contributed by atoms with Gasteiger partial charge >= 0.3 is 5.97 Å². The van der Waals surface area contributed by atoms with E-state index in [0.29, 0.717) is 17.9 Å². The standard InChI is InChI=1S/C8H11NO2/c1-6(2)3-7(5-9)4-8(10)11/h4,6H,3H2,1-2H3,(H,10,11). The maximum absolute atomic E-state index is 10.1. The lowest BCUT2D eigenvalue weighted by Gasteiger charge is -1.99. The van der Waals surface area contributed by atoms with Crippen LogP contribution in [0, 0.1) is 17.2 Å². The molecule has 0 amide bonds. The molecule has 0 heterocycles. The number of rotatable bonds is 3. The maximum Gasteiger partial charge on any atom is 0.329 e. The number of carbonyl (C=O) groups is 1. The molecule has 0 aromatic rings. The molecule has 0 aliphatic rings. The number of allylic oxidation sites excluding steroid dienone is 1. The van der Waals surface area contributed by atoms with Crippen molar-refractivity contribution in [2.75, 3.05) is 0 Å². The van der Waals surface area contributed by atoms with Crippen molar-refractivity contribution in [3.8, 4) is 6.07 Å². The molecule has 3 nitrogen and oxygen atoms in total. The van der Waals surface area contributed by atoms with Gasteiger partial charge in [0.1, 0.15) is 0 Å². The molecule has 0 rings (SSSR count). The zero-order valence-electron chi connectivity index (χ0n) is 6.66. The summed E-state index contributed by atoms with van der Waals surface area (Å²) in [6.07, 6.45) is 1.49. The number of nitrogens with zero attached hydrogens (tertiary/aromatic N) is 1. The second-order valence-corrected chi connectivity index (χ2v) is 2.72. The van der Waals surface area contributed by atoms with Crippen molar-refractivity contribution in [3.05, 3.63) is 11.6 Å². The molecule has 0 aliphatic carbocycles. The zero-order chi connectivity index (χ0) is 8.85. The molecule has 1 N–H and O–H groups in total. The Hall–Kier alpha value is -1.30. The number of hydrogen-bond donors (Lipinski definition) is 1. The monoisotopic (exact) mass is 153 g/mol. The third kappa shape index (κ3) is 5.16. The van der Waals surface area contributed by atoms with Gasteiger partial charge < -0.3 is 5.11 Å². The van der Waals surface area contributed by atoms with Gasteiger partial charge in [-0.15, -0.1) is 0 Å². The van der Waals surface area contributed by atoms with Crippen molar-refractivity contribution in [2.45, 2.75) is 20.3 Å². The van der Waals surface area contributed by atoms with E-state index in [-0.39, 0.29) is 0 Å². The SMILES string of the molecule is CC(C)CC(C#N)=CC(=O)O.